The van der Waals surface area contributed by atoms with Crippen LogP contribution >= 0.6 is 11.3 Å². The van der Waals surface area contributed by atoms with Crippen LogP contribution in [0, 0.1) is 0 Å². The van der Waals surface area contributed by atoms with Crippen LogP contribution in [-0.4, -0.2) is 54.9 Å². The van der Waals surface area contributed by atoms with Crippen LogP contribution in [0.1, 0.15) is 20.0 Å². The van der Waals surface area contributed by atoms with Crippen molar-refractivity contribution in [3.05, 3.63) is 70.5 Å². The minimum Gasteiger partial charge on any atom is -0.354 e. The summed E-state index contributed by atoms with van der Waals surface area (Å²) in [6, 6.07) is 14.2. The Hall–Kier alpha value is -3.23. The average Bonchev–Trinajstić information content (AvgIpc) is 3.30. The molecular formula is C22H23N5O2S. The number of rotatable bonds is 5. The first-order valence-corrected chi connectivity index (χ1v) is 10.6. The summed E-state index contributed by atoms with van der Waals surface area (Å²) in [5.74, 6) is 0.474. The maximum atomic E-state index is 12.6. The predicted molar refractivity (Wildman–Crippen MR) is 121 cm³/mol. The van der Waals surface area contributed by atoms with Gasteiger partial charge in [-0.3, -0.25) is 9.59 Å². The minimum atomic E-state index is -0.253. The molecule has 0 saturated carbocycles. The van der Waals surface area contributed by atoms with Gasteiger partial charge in [0.25, 0.3) is 11.8 Å². The fourth-order valence-electron chi connectivity index (χ4n) is 3.22. The van der Waals surface area contributed by atoms with Crippen molar-refractivity contribution >= 4 is 40.3 Å². The number of benzene rings is 1. The first kappa shape index (κ1) is 20.1. The van der Waals surface area contributed by atoms with Crippen molar-refractivity contribution in [1.29, 1.82) is 0 Å². The monoisotopic (exact) mass is 421 g/mol. The summed E-state index contributed by atoms with van der Waals surface area (Å²) in [4.78, 5) is 34.5. The molecule has 0 radical (unpaired) electrons. The summed E-state index contributed by atoms with van der Waals surface area (Å²) in [5.41, 5.74) is 1.66. The summed E-state index contributed by atoms with van der Waals surface area (Å²) in [5, 5.41) is 7.53. The largest absolute Gasteiger partial charge is 0.354 e. The first-order chi connectivity index (χ1) is 14.6. The molecule has 1 aliphatic heterocycles. The molecule has 0 spiro atoms. The third kappa shape index (κ3) is 4.84. The number of nitrogens with one attached hydrogen (secondary N) is 2. The standard InChI is InChI=1S/C22H23N5O2S/c1-26-9-11-27(12-10-26)20-8-7-18(15-23-20)25-21(28)16-4-2-5-17(14-16)24-22(29)19-6-3-13-30-19/h2-8,13-15H,9-12H2,1H3,(H,24,29)(H,25,28). The number of hydrogen-bond acceptors (Lipinski definition) is 6. The number of amides is 2. The van der Waals surface area contributed by atoms with E-state index in [1.165, 1.54) is 11.3 Å². The van der Waals surface area contributed by atoms with Crippen LogP contribution in [0.3, 0.4) is 0 Å². The van der Waals surface area contributed by atoms with Crippen molar-refractivity contribution in [3.63, 3.8) is 0 Å². The lowest BCUT2D eigenvalue weighted by atomic mass is 10.2. The molecule has 0 bridgehead atoms. The second-order valence-corrected chi connectivity index (χ2v) is 8.11. The Labute approximate surface area is 179 Å². The van der Waals surface area contributed by atoms with Gasteiger partial charge in [0.1, 0.15) is 5.82 Å². The molecule has 4 rings (SSSR count). The van der Waals surface area contributed by atoms with E-state index < -0.39 is 0 Å². The smallest absolute Gasteiger partial charge is 0.265 e. The molecule has 0 unspecified atom stereocenters. The molecule has 1 saturated heterocycles. The van der Waals surface area contributed by atoms with Crippen LogP contribution in [-0.2, 0) is 0 Å². The number of carbonyl (C=O) groups is 2. The summed E-state index contributed by atoms with van der Waals surface area (Å²) in [6.45, 7) is 3.91. The van der Waals surface area contributed by atoms with Crippen molar-refractivity contribution in [2.24, 2.45) is 0 Å². The van der Waals surface area contributed by atoms with E-state index in [0.29, 0.717) is 21.8 Å². The highest BCUT2D eigenvalue weighted by atomic mass is 32.1. The van der Waals surface area contributed by atoms with Gasteiger partial charge in [-0.2, -0.15) is 0 Å². The zero-order valence-electron chi connectivity index (χ0n) is 16.7. The quantitative estimate of drug-likeness (QED) is 0.660. The van der Waals surface area contributed by atoms with E-state index in [0.717, 1.165) is 32.0 Å². The molecule has 7 nitrogen and oxygen atoms in total. The number of aromatic nitrogens is 1. The molecule has 2 N–H and O–H groups in total. The van der Waals surface area contributed by atoms with E-state index in [4.69, 9.17) is 0 Å². The molecular weight excluding hydrogens is 398 g/mol. The van der Waals surface area contributed by atoms with Gasteiger partial charge >= 0.3 is 0 Å². The summed E-state index contributed by atoms with van der Waals surface area (Å²) in [7, 11) is 2.12. The Bertz CT molecular complexity index is 1010. The van der Waals surface area contributed by atoms with Gasteiger partial charge in [-0.25, -0.2) is 4.98 Å². The SMILES string of the molecule is CN1CCN(c2ccc(NC(=O)c3cccc(NC(=O)c4cccs4)c3)cn2)CC1. The topological polar surface area (TPSA) is 77.6 Å². The first-order valence-electron chi connectivity index (χ1n) is 9.74. The van der Waals surface area contributed by atoms with Crippen molar-refractivity contribution in [1.82, 2.24) is 9.88 Å². The number of hydrogen-bond donors (Lipinski definition) is 2. The highest BCUT2D eigenvalue weighted by molar-refractivity contribution is 7.12. The Morgan fingerprint density at radius 1 is 0.933 bits per heavy atom. The van der Waals surface area contributed by atoms with Gasteiger partial charge in [-0.15, -0.1) is 11.3 Å². The molecule has 2 aromatic heterocycles. The Morgan fingerprint density at radius 2 is 1.73 bits per heavy atom. The van der Waals surface area contributed by atoms with Crippen molar-refractivity contribution in [2.45, 2.75) is 0 Å². The lowest BCUT2D eigenvalue weighted by molar-refractivity contribution is 0.101. The number of pyridine rings is 1. The summed E-state index contributed by atoms with van der Waals surface area (Å²) < 4.78 is 0. The number of thiophene rings is 1. The molecule has 2 amide bonds. The zero-order valence-corrected chi connectivity index (χ0v) is 17.5. The summed E-state index contributed by atoms with van der Waals surface area (Å²) >= 11 is 1.37. The van der Waals surface area contributed by atoms with E-state index in [-0.39, 0.29) is 11.8 Å². The Kier molecular flexibility index (Phi) is 6.06. The Balaban J connectivity index is 1.38. The molecule has 8 heteroatoms. The molecule has 1 fully saturated rings. The van der Waals surface area contributed by atoms with Gasteiger partial charge < -0.3 is 20.4 Å². The predicted octanol–water partition coefficient (Wildman–Crippen LogP) is 3.40. The lowest BCUT2D eigenvalue weighted by Gasteiger charge is -2.33. The van der Waals surface area contributed by atoms with Gasteiger partial charge in [0.05, 0.1) is 16.8 Å². The van der Waals surface area contributed by atoms with E-state index in [2.05, 4.69) is 32.5 Å². The maximum Gasteiger partial charge on any atom is 0.265 e. The zero-order chi connectivity index (χ0) is 20.9. The van der Waals surface area contributed by atoms with Gasteiger partial charge in [0.15, 0.2) is 0 Å². The highest BCUT2D eigenvalue weighted by Gasteiger charge is 2.15. The van der Waals surface area contributed by atoms with Crippen LogP contribution in [0.25, 0.3) is 0 Å². The van der Waals surface area contributed by atoms with E-state index in [9.17, 15) is 9.59 Å². The van der Waals surface area contributed by atoms with E-state index in [1.54, 1.807) is 36.5 Å². The van der Waals surface area contributed by atoms with E-state index in [1.807, 2.05) is 23.6 Å². The number of carbonyl (C=O) groups excluding carboxylic acids is 2. The fourth-order valence-corrected chi connectivity index (χ4v) is 3.84. The second-order valence-electron chi connectivity index (χ2n) is 7.16. The van der Waals surface area contributed by atoms with Crippen LogP contribution in [0.5, 0.6) is 0 Å². The van der Waals surface area contributed by atoms with Crippen LogP contribution < -0.4 is 15.5 Å². The third-order valence-corrected chi connectivity index (χ3v) is 5.83. The average molecular weight is 422 g/mol. The maximum absolute atomic E-state index is 12.6. The fraction of sp³-hybridized carbons (Fsp3) is 0.227. The van der Waals surface area contributed by atoms with E-state index >= 15 is 0 Å². The molecule has 0 aliphatic carbocycles. The van der Waals surface area contributed by atoms with Crippen LogP contribution in [0.2, 0.25) is 0 Å². The minimum absolute atomic E-state index is 0.189. The molecule has 30 heavy (non-hydrogen) atoms. The van der Waals surface area contributed by atoms with Gasteiger partial charge in [0, 0.05) is 37.4 Å². The van der Waals surface area contributed by atoms with Crippen molar-refractivity contribution < 1.29 is 9.59 Å². The van der Waals surface area contributed by atoms with Gasteiger partial charge in [-0.1, -0.05) is 12.1 Å². The number of nitrogens with zero attached hydrogens (tertiary/aromatic N) is 3. The Morgan fingerprint density at radius 3 is 2.43 bits per heavy atom. The molecule has 3 aromatic rings. The van der Waals surface area contributed by atoms with Crippen molar-refractivity contribution in [3.8, 4) is 0 Å². The van der Waals surface area contributed by atoms with Crippen LogP contribution in [0.15, 0.2) is 60.1 Å². The number of anilines is 3. The van der Waals surface area contributed by atoms with Gasteiger partial charge in [-0.05, 0) is 48.8 Å². The molecule has 0 atom stereocenters. The third-order valence-electron chi connectivity index (χ3n) is 4.96. The highest BCUT2D eigenvalue weighted by Crippen LogP contribution is 2.18. The summed E-state index contributed by atoms with van der Waals surface area (Å²) in [6.07, 6.45) is 1.67. The normalized spacial score (nSPS) is 14.4. The molecule has 154 valence electrons. The van der Waals surface area contributed by atoms with Crippen LogP contribution in [0.4, 0.5) is 17.2 Å². The number of likely N-dealkylation sites (N-methyl/N-ethyl adjacent to an activating group) is 1. The lowest BCUT2D eigenvalue weighted by Crippen LogP contribution is -2.44. The molecule has 1 aromatic carbocycles. The van der Waals surface area contributed by atoms with Gasteiger partial charge in [0.2, 0.25) is 0 Å². The molecule has 3 heterocycles. The second kappa shape index (κ2) is 9.06. The van der Waals surface area contributed by atoms with Crippen molar-refractivity contribution in [2.75, 3.05) is 48.8 Å². The number of piperazine rings is 1. The molecule has 1 aliphatic rings.